The van der Waals surface area contributed by atoms with Gasteiger partial charge in [0.15, 0.2) is 0 Å². The van der Waals surface area contributed by atoms with Gasteiger partial charge in [-0.3, -0.25) is 4.79 Å². The van der Waals surface area contributed by atoms with Gasteiger partial charge in [-0.15, -0.1) is 10.2 Å². The fourth-order valence-corrected chi connectivity index (χ4v) is 1.67. The maximum Gasteiger partial charge on any atom is 0.233 e. The summed E-state index contributed by atoms with van der Waals surface area (Å²) < 4.78 is 5.25. The van der Waals surface area contributed by atoms with Crippen LogP contribution in [0.25, 0.3) is 11.3 Å². The van der Waals surface area contributed by atoms with Gasteiger partial charge in [-0.05, 0) is 25.1 Å². The van der Waals surface area contributed by atoms with Gasteiger partial charge in [0.2, 0.25) is 11.8 Å². The topological polar surface area (TPSA) is 64.1 Å². The van der Waals surface area contributed by atoms with Gasteiger partial charge in [0.1, 0.15) is 0 Å². The zero-order valence-corrected chi connectivity index (χ0v) is 11.6. The normalized spacial score (nSPS) is 10.1. The SMILES string of the molecule is CCOc1ccc(-c2ccc(NC(=O)CC)cc2)nn1. The summed E-state index contributed by atoms with van der Waals surface area (Å²) in [6, 6.07) is 11.1. The Kier molecular flexibility index (Phi) is 4.65. The molecule has 0 unspecified atom stereocenters. The van der Waals surface area contributed by atoms with Crippen LogP contribution in [-0.2, 0) is 4.79 Å². The molecule has 2 rings (SSSR count). The highest BCUT2D eigenvalue weighted by molar-refractivity contribution is 5.90. The summed E-state index contributed by atoms with van der Waals surface area (Å²) in [6.07, 6.45) is 0.464. The lowest BCUT2D eigenvalue weighted by Crippen LogP contribution is -2.09. The first-order chi connectivity index (χ1) is 9.72. The van der Waals surface area contributed by atoms with Crippen molar-refractivity contribution in [1.29, 1.82) is 0 Å². The molecule has 0 spiro atoms. The van der Waals surface area contributed by atoms with Crippen LogP contribution in [0.1, 0.15) is 20.3 Å². The van der Waals surface area contributed by atoms with Crippen molar-refractivity contribution in [2.75, 3.05) is 11.9 Å². The zero-order valence-electron chi connectivity index (χ0n) is 11.6. The van der Waals surface area contributed by atoms with Crippen molar-refractivity contribution >= 4 is 11.6 Å². The Morgan fingerprint density at radius 2 is 1.85 bits per heavy atom. The predicted molar refractivity (Wildman–Crippen MR) is 77.6 cm³/mol. The molecule has 0 saturated carbocycles. The summed E-state index contributed by atoms with van der Waals surface area (Å²) in [5.74, 6) is 0.515. The van der Waals surface area contributed by atoms with E-state index in [4.69, 9.17) is 4.74 Å². The third-order valence-electron chi connectivity index (χ3n) is 2.72. The molecule has 0 aliphatic carbocycles. The molecule has 0 bridgehead atoms. The third-order valence-corrected chi connectivity index (χ3v) is 2.72. The number of carbonyl (C=O) groups excluding carboxylic acids is 1. The lowest BCUT2D eigenvalue weighted by Gasteiger charge is -2.05. The Balaban J connectivity index is 2.11. The first kappa shape index (κ1) is 14.0. The van der Waals surface area contributed by atoms with E-state index in [0.29, 0.717) is 18.9 Å². The summed E-state index contributed by atoms with van der Waals surface area (Å²) in [6.45, 7) is 4.29. The largest absolute Gasteiger partial charge is 0.477 e. The van der Waals surface area contributed by atoms with E-state index in [9.17, 15) is 4.79 Å². The molecule has 5 nitrogen and oxygen atoms in total. The van der Waals surface area contributed by atoms with Gasteiger partial charge in [-0.25, -0.2) is 0 Å². The van der Waals surface area contributed by atoms with Crippen molar-refractivity contribution in [1.82, 2.24) is 10.2 Å². The van der Waals surface area contributed by atoms with Crippen LogP contribution in [0.3, 0.4) is 0 Å². The van der Waals surface area contributed by atoms with E-state index in [0.717, 1.165) is 16.9 Å². The van der Waals surface area contributed by atoms with E-state index >= 15 is 0 Å². The molecule has 1 aromatic carbocycles. The molecule has 20 heavy (non-hydrogen) atoms. The Labute approximate surface area is 118 Å². The Bertz CT molecular complexity index is 565. The van der Waals surface area contributed by atoms with Crippen LogP contribution < -0.4 is 10.1 Å². The highest BCUT2D eigenvalue weighted by atomic mass is 16.5. The smallest absolute Gasteiger partial charge is 0.233 e. The average Bonchev–Trinajstić information content (AvgIpc) is 2.49. The third kappa shape index (κ3) is 3.54. The number of anilines is 1. The fourth-order valence-electron chi connectivity index (χ4n) is 1.67. The summed E-state index contributed by atoms with van der Waals surface area (Å²) in [4.78, 5) is 11.3. The number of hydrogen-bond donors (Lipinski definition) is 1. The lowest BCUT2D eigenvalue weighted by atomic mass is 10.1. The maximum atomic E-state index is 11.3. The van der Waals surface area contributed by atoms with Crippen molar-refractivity contribution in [3.63, 3.8) is 0 Å². The number of hydrogen-bond acceptors (Lipinski definition) is 4. The summed E-state index contributed by atoms with van der Waals surface area (Å²) in [5.41, 5.74) is 2.48. The highest BCUT2D eigenvalue weighted by Crippen LogP contribution is 2.20. The van der Waals surface area contributed by atoms with Crippen LogP contribution in [0.4, 0.5) is 5.69 Å². The molecule has 0 aliphatic heterocycles. The fraction of sp³-hybridized carbons (Fsp3) is 0.267. The van der Waals surface area contributed by atoms with Gasteiger partial charge in [0.05, 0.1) is 12.3 Å². The number of ether oxygens (including phenoxy) is 1. The van der Waals surface area contributed by atoms with E-state index in [1.54, 1.807) is 6.07 Å². The van der Waals surface area contributed by atoms with Crippen LogP contribution in [0, 0.1) is 0 Å². The maximum absolute atomic E-state index is 11.3. The first-order valence-electron chi connectivity index (χ1n) is 6.59. The van der Waals surface area contributed by atoms with Gasteiger partial charge < -0.3 is 10.1 Å². The van der Waals surface area contributed by atoms with Crippen molar-refractivity contribution in [3.05, 3.63) is 36.4 Å². The number of carbonyl (C=O) groups is 1. The number of rotatable bonds is 5. The molecule has 0 fully saturated rings. The van der Waals surface area contributed by atoms with Crippen LogP contribution in [0.2, 0.25) is 0 Å². The first-order valence-corrected chi connectivity index (χ1v) is 6.59. The van der Waals surface area contributed by atoms with Crippen LogP contribution in [0.15, 0.2) is 36.4 Å². The number of nitrogens with zero attached hydrogens (tertiary/aromatic N) is 2. The molecule has 0 aliphatic rings. The second-order valence-corrected chi connectivity index (χ2v) is 4.17. The number of aromatic nitrogens is 2. The summed E-state index contributed by atoms with van der Waals surface area (Å²) >= 11 is 0. The van der Waals surface area contributed by atoms with Gasteiger partial charge in [0, 0.05) is 23.7 Å². The van der Waals surface area contributed by atoms with Crippen molar-refractivity contribution < 1.29 is 9.53 Å². The second-order valence-electron chi connectivity index (χ2n) is 4.17. The molecular weight excluding hydrogens is 254 g/mol. The van der Waals surface area contributed by atoms with Gasteiger partial charge in [-0.2, -0.15) is 0 Å². The van der Waals surface area contributed by atoms with E-state index < -0.39 is 0 Å². The molecule has 1 aromatic heterocycles. The summed E-state index contributed by atoms with van der Waals surface area (Å²) in [7, 11) is 0. The Hall–Kier alpha value is -2.43. The van der Waals surface area contributed by atoms with E-state index in [1.807, 2.05) is 44.2 Å². The van der Waals surface area contributed by atoms with Gasteiger partial charge in [-0.1, -0.05) is 19.1 Å². The molecule has 1 N–H and O–H groups in total. The Morgan fingerprint density at radius 3 is 2.40 bits per heavy atom. The minimum atomic E-state index is -0.00129. The molecular formula is C15H17N3O2. The van der Waals surface area contributed by atoms with Crippen molar-refractivity contribution in [3.8, 4) is 17.1 Å². The summed E-state index contributed by atoms with van der Waals surface area (Å²) in [5, 5.41) is 10.9. The number of benzene rings is 1. The van der Waals surface area contributed by atoms with Crippen LogP contribution in [0.5, 0.6) is 5.88 Å². The minimum absolute atomic E-state index is 0.00129. The monoisotopic (exact) mass is 271 g/mol. The molecule has 104 valence electrons. The molecule has 1 amide bonds. The second kappa shape index (κ2) is 6.65. The average molecular weight is 271 g/mol. The quantitative estimate of drug-likeness (QED) is 0.908. The molecule has 0 atom stereocenters. The van der Waals surface area contributed by atoms with Crippen molar-refractivity contribution in [2.24, 2.45) is 0 Å². The number of amides is 1. The van der Waals surface area contributed by atoms with E-state index in [2.05, 4.69) is 15.5 Å². The lowest BCUT2D eigenvalue weighted by molar-refractivity contribution is -0.115. The highest BCUT2D eigenvalue weighted by Gasteiger charge is 2.03. The van der Waals surface area contributed by atoms with Gasteiger partial charge >= 0.3 is 0 Å². The predicted octanol–water partition coefficient (Wildman–Crippen LogP) is 2.89. The van der Waals surface area contributed by atoms with Crippen LogP contribution >= 0.6 is 0 Å². The molecule has 0 saturated heterocycles. The molecule has 5 heteroatoms. The number of nitrogens with one attached hydrogen (secondary N) is 1. The molecule has 0 radical (unpaired) electrons. The Morgan fingerprint density at radius 1 is 1.10 bits per heavy atom. The molecule has 2 aromatic rings. The van der Waals surface area contributed by atoms with Gasteiger partial charge in [0.25, 0.3) is 0 Å². The van der Waals surface area contributed by atoms with E-state index in [1.165, 1.54) is 0 Å². The molecule has 1 heterocycles. The van der Waals surface area contributed by atoms with Crippen molar-refractivity contribution in [2.45, 2.75) is 20.3 Å². The standard InChI is InChI=1S/C15H17N3O2/c1-3-14(19)16-12-7-5-11(6-8-12)13-9-10-15(18-17-13)20-4-2/h5-10H,3-4H2,1-2H3,(H,16,19). The van der Waals surface area contributed by atoms with E-state index in [-0.39, 0.29) is 5.91 Å². The zero-order chi connectivity index (χ0) is 14.4. The van der Waals surface area contributed by atoms with Crippen LogP contribution in [-0.4, -0.2) is 22.7 Å². The minimum Gasteiger partial charge on any atom is -0.477 e.